The largest absolute Gasteiger partial charge is 0.345 e. The number of nitrogens with zero attached hydrogens (tertiary/aromatic N) is 2. The maximum atomic E-state index is 13.5. The SMILES string of the molecule is C#CCNC(=O)C1CCC(C)(C(=O)N=c2sn(C(C)(C)C)cc2CCCC)C1(C)C. The third-order valence-corrected chi connectivity index (χ3v) is 8.15. The molecule has 1 N–H and O–H groups in total. The first kappa shape index (κ1) is 24.4. The van der Waals surface area contributed by atoms with Crippen LogP contribution >= 0.6 is 11.5 Å². The molecular formula is C24H37N3O2S. The average molecular weight is 432 g/mol. The molecular weight excluding hydrogens is 394 g/mol. The molecule has 2 atom stereocenters. The van der Waals surface area contributed by atoms with Gasteiger partial charge in [-0.1, -0.05) is 40.0 Å². The number of carbonyl (C=O) groups excluding carboxylic acids is 2. The zero-order chi connectivity index (χ0) is 22.7. The average Bonchev–Trinajstić information content (AvgIpc) is 3.17. The van der Waals surface area contributed by atoms with Crippen molar-refractivity contribution in [3.8, 4) is 12.3 Å². The number of nitrogens with one attached hydrogen (secondary N) is 1. The topological polar surface area (TPSA) is 63.5 Å². The normalized spacial score (nSPS) is 23.9. The number of aryl methyl sites for hydroxylation is 1. The van der Waals surface area contributed by atoms with Crippen LogP contribution in [0.15, 0.2) is 11.2 Å². The van der Waals surface area contributed by atoms with Crippen molar-refractivity contribution in [1.82, 2.24) is 9.27 Å². The van der Waals surface area contributed by atoms with E-state index in [2.05, 4.69) is 54.1 Å². The summed E-state index contributed by atoms with van der Waals surface area (Å²) < 4.78 is 2.99. The molecule has 2 unspecified atom stereocenters. The Kier molecular flexibility index (Phi) is 7.40. The summed E-state index contributed by atoms with van der Waals surface area (Å²) in [5.74, 6) is 2.00. The smallest absolute Gasteiger partial charge is 0.253 e. The van der Waals surface area contributed by atoms with Gasteiger partial charge < -0.3 is 5.32 Å². The zero-order valence-corrected chi connectivity index (χ0v) is 20.4. The molecule has 1 aromatic rings. The van der Waals surface area contributed by atoms with E-state index < -0.39 is 10.8 Å². The lowest BCUT2D eigenvalue weighted by atomic mass is 9.65. The Bertz CT molecular complexity index is 895. The minimum Gasteiger partial charge on any atom is -0.345 e. The summed E-state index contributed by atoms with van der Waals surface area (Å²) in [6.07, 6.45) is 11.8. The standard InChI is InChI=1S/C24H37N3O2S/c1-9-11-12-17-16-27(22(3,4)5)30-20(17)26-21(29)24(8)14-13-18(23(24,6)7)19(28)25-15-10-2/h2,16,18H,9,11-15H2,1,3-8H3,(H,25,28). The summed E-state index contributed by atoms with van der Waals surface area (Å²) in [6.45, 7) is 14.8. The van der Waals surface area contributed by atoms with E-state index in [1.807, 2.05) is 20.8 Å². The van der Waals surface area contributed by atoms with Gasteiger partial charge in [-0.25, -0.2) is 4.99 Å². The van der Waals surface area contributed by atoms with Gasteiger partial charge in [-0.15, -0.1) is 6.42 Å². The Balaban J connectivity index is 2.40. The lowest BCUT2D eigenvalue weighted by molar-refractivity contribution is -0.136. The van der Waals surface area contributed by atoms with E-state index >= 15 is 0 Å². The first-order chi connectivity index (χ1) is 13.9. The van der Waals surface area contributed by atoms with Gasteiger partial charge in [-0.3, -0.25) is 13.5 Å². The first-order valence-corrected chi connectivity index (χ1v) is 11.7. The molecule has 1 aliphatic rings. The predicted octanol–water partition coefficient (Wildman–Crippen LogP) is 4.27. The maximum absolute atomic E-state index is 13.5. The van der Waals surface area contributed by atoms with Gasteiger partial charge >= 0.3 is 0 Å². The van der Waals surface area contributed by atoms with Crippen LogP contribution in [0.5, 0.6) is 0 Å². The van der Waals surface area contributed by atoms with Crippen LogP contribution < -0.4 is 9.99 Å². The highest BCUT2D eigenvalue weighted by Gasteiger charge is 2.58. The van der Waals surface area contributed by atoms with Gasteiger partial charge in [0.2, 0.25) is 5.91 Å². The van der Waals surface area contributed by atoms with E-state index in [0.717, 1.165) is 29.5 Å². The monoisotopic (exact) mass is 431 g/mol. The lowest BCUT2D eigenvalue weighted by Crippen LogP contribution is -2.45. The molecule has 6 heteroatoms. The van der Waals surface area contributed by atoms with Crippen LogP contribution in [0.2, 0.25) is 0 Å². The summed E-state index contributed by atoms with van der Waals surface area (Å²) in [5, 5.41) is 2.79. The van der Waals surface area contributed by atoms with E-state index in [1.54, 1.807) is 11.5 Å². The molecule has 30 heavy (non-hydrogen) atoms. The highest BCUT2D eigenvalue weighted by Crippen LogP contribution is 2.56. The first-order valence-electron chi connectivity index (χ1n) is 10.9. The number of rotatable bonds is 6. The van der Waals surface area contributed by atoms with Crippen LogP contribution in [0.1, 0.15) is 79.7 Å². The molecule has 5 nitrogen and oxygen atoms in total. The van der Waals surface area contributed by atoms with Crippen molar-refractivity contribution in [2.45, 2.75) is 86.1 Å². The van der Waals surface area contributed by atoms with Crippen LogP contribution in [0.25, 0.3) is 0 Å². The number of aromatic nitrogens is 1. The van der Waals surface area contributed by atoms with E-state index in [4.69, 9.17) is 6.42 Å². The van der Waals surface area contributed by atoms with Crippen molar-refractivity contribution in [2.24, 2.45) is 21.7 Å². The molecule has 1 aromatic heterocycles. The molecule has 0 spiro atoms. The molecule has 2 amide bonds. The predicted molar refractivity (Wildman–Crippen MR) is 123 cm³/mol. The number of hydrogen-bond acceptors (Lipinski definition) is 3. The van der Waals surface area contributed by atoms with Gasteiger partial charge in [-0.2, -0.15) is 0 Å². The summed E-state index contributed by atoms with van der Waals surface area (Å²) in [4.78, 5) is 30.8. The van der Waals surface area contributed by atoms with Crippen LogP contribution in [0, 0.1) is 29.1 Å². The van der Waals surface area contributed by atoms with Crippen LogP contribution in [0.4, 0.5) is 0 Å². The van der Waals surface area contributed by atoms with Gasteiger partial charge in [-0.05, 0) is 63.4 Å². The molecule has 0 radical (unpaired) electrons. The highest BCUT2D eigenvalue weighted by molar-refractivity contribution is 7.04. The summed E-state index contributed by atoms with van der Waals surface area (Å²) in [7, 11) is 0. The van der Waals surface area contributed by atoms with Crippen LogP contribution in [-0.4, -0.2) is 22.3 Å². The van der Waals surface area contributed by atoms with Crippen molar-refractivity contribution < 1.29 is 9.59 Å². The fraction of sp³-hybridized carbons (Fsp3) is 0.708. The minimum atomic E-state index is -0.691. The second-order valence-corrected chi connectivity index (χ2v) is 11.1. The van der Waals surface area contributed by atoms with Crippen molar-refractivity contribution in [3.05, 3.63) is 16.4 Å². The fourth-order valence-corrected chi connectivity index (χ4v) is 5.19. The van der Waals surface area contributed by atoms with E-state index in [0.29, 0.717) is 12.8 Å². The number of terminal acetylenes is 1. The number of hydrogen-bond donors (Lipinski definition) is 1. The van der Waals surface area contributed by atoms with Gasteiger partial charge in [0, 0.05) is 23.2 Å². The molecule has 1 heterocycles. The summed E-state index contributed by atoms with van der Waals surface area (Å²) >= 11 is 1.55. The summed E-state index contributed by atoms with van der Waals surface area (Å²) in [5.41, 5.74) is -0.122. The third kappa shape index (κ3) is 4.72. The second-order valence-electron chi connectivity index (χ2n) is 10.1. The molecule has 1 fully saturated rings. The van der Waals surface area contributed by atoms with Crippen LogP contribution in [-0.2, 0) is 21.5 Å². The van der Waals surface area contributed by atoms with E-state index in [9.17, 15) is 9.59 Å². The zero-order valence-electron chi connectivity index (χ0n) is 19.6. The van der Waals surface area contributed by atoms with Gasteiger partial charge in [0.05, 0.1) is 12.0 Å². The Morgan fingerprint density at radius 1 is 1.37 bits per heavy atom. The number of unbranched alkanes of at least 4 members (excludes halogenated alkanes) is 1. The molecule has 1 saturated carbocycles. The molecule has 0 aliphatic heterocycles. The van der Waals surface area contributed by atoms with E-state index in [-0.39, 0.29) is 29.8 Å². The summed E-state index contributed by atoms with van der Waals surface area (Å²) in [6, 6.07) is 0. The van der Waals surface area contributed by atoms with Crippen LogP contribution in [0.3, 0.4) is 0 Å². The molecule has 0 bridgehead atoms. The van der Waals surface area contributed by atoms with Gasteiger partial charge in [0.25, 0.3) is 5.91 Å². The van der Waals surface area contributed by atoms with Crippen molar-refractivity contribution in [2.75, 3.05) is 6.54 Å². The number of carbonyl (C=O) groups is 2. The minimum absolute atomic E-state index is 0.0564. The fourth-order valence-electron chi connectivity index (χ4n) is 4.16. The lowest BCUT2D eigenvalue weighted by Gasteiger charge is -2.38. The third-order valence-electron chi connectivity index (χ3n) is 6.78. The molecule has 166 valence electrons. The molecule has 1 aliphatic carbocycles. The van der Waals surface area contributed by atoms with E-state index in [1.165, 1.54) is 0 Å². The van der Waals surface area contributed by atoms with Gasteiger partial charge in [0.15, 0.2) is 0 Å². The second kappa shape index (κ2) is 9.09. The Labute approximate surface area is 185 Å². The quantitative estimate of drug-likeness (QED) is 0.684. The Hall–Kier alpha value is -1.87. The molecule has 0 saturated heterocycles. The Morgan fingerprint density at radius 3 is 2.60 bits per heavy atom. The van der Waals surface area contributed by atoms with Gasteiger partial charge in [0.1, 0.15) is 4.67 Å². The van der Waals surface area contributed by atoms with Crippen molar-refractivity contribution in [1.29, 1.82) is 0 Å². The highest BCUT2D eigenvalue weighted by atomic mass is 32.1. The number of amides is 2. The maximum Gasteiger partial charge on any atom is 0.253 e. The molecule has 2 rings (SSSR count). The van der Waals surface area contributed by atoms with Crippen molar-refractivity contribution in [3.63, 3.8) is 0 Å². The Morgan fingerprint density at radius 2 is 2.03 bits per heavy atom. The molecule has 0 aromatic carbocycles. The van der Waals surface area contributed by atoms with Crippen molar-refractivity contribution >= 4 is 23.3 Å².